The van der Waals surface area contributed by atoms with Crippen LogP contribution in [0.2, 0.25) is 0 Å². The molecule has 3 N–H and O–H groups in total. The Hall–Kier alpha value is -2.03. The predicted octanol–water partition coefficient (Wildman–Crippen LogP) is 0.600. The van der Waals surface area contributed by atoms with E-state index in [4.69, 9.17) is 10.2 Å². The first-order chi connectivity index (χ1) is 10.6. The molecule has 0 atom stereocenters. The highest BCUT2D eigenvalue weighted by molar-refractivity contribution is 5.92. The van der Waals surface area contributed by atoms with E-state index in [9.17, 15) is 14.9 Å². The van der Waals surface area contributed by atoms with Crippen molar-refractivity contribution >= 4 is 17.3 Å². The molecule has 1 aromatic rings. The number of non-ortho nitro benzene ring substituents is 1. The number of hydrogen-bond acceptors (Lipinski definition) is 6. The standard InChI is InChI=1S/C14H21N3O5/c18-9-1-7-16(8-2-10-19)11-14(20)15-12-3-5-13(6-4-12)17(21)22/h3-6,18-19H,1-2,7-11H2,(H,15,20). The summed E-state index contributed by atoms with van der Waals surface area (Å²) in [5, 5.41) is 30.9. The molecule has 0 saturated heterocycles. The van der Waals surface area contributed by atoms with Crippen molar-refractivity contribution in [2.75, 3.05) is 38.2 Å². The average Bonchev–Trinajstić information content (AvgIpc) is 2.50. The number of anilines is 1. The Bertz CT molecular complexity index is 470. The number of carbonyl (C=O) groups excluding carboxylic acids is 1. The fourth-order valence-electron chi connectivity index (χ4n) is 1.93. The second-order valence-corrected chi connectivity index (χ2v) is 4.78. The van der Waals surface area contributed by atoms with Crippen LogP contribution in [0.3, 0.4) is 0 Å². The Balaban J connectivity index is 2.52. The Kier molecular flexibility index (Phi) is 8.05. The lowest BCUT2D eigenvalue weighted by atomic mass is 10.2. The van der Waals surface area contributed by atoms with Gasteiger partial charge in [-0.05, 0) is 25.0 Å². The minimum Gasteiger partial charge on any atom is -0.396 e. The number of nitrogens with zero attached hydrogens (tertiary/aromatic N) is 2. The molecule has 1 rings (SSSR count). The summed E-state index contributed by atoms with van der Waals surface area (Å²) in [7, 11) is 0. The number of carbonyl (C=O) groups is 1. The van der Waals surface area contributed by atoms with Gasteiger partial charge >= 0.3 is 0 Å². The summed E-state index contributed by atoms with van der Waals surface area (Å²) in [6.45, 7) is 1.34. The molecule has 0 bridgehead atoms. The zero-order chi connectivity index (χ0) is 16.4. The number of aliphatic hydroxyl groups is 2. The van der Waals surface area contributed by atoms with Crippen molar-refractivity contribution in [1.82, 2.24) is 4.90 Å². The molecule has 1 amide bonds. The molecule has 8 nitrogen and oxygen atoms in total. The van der Waals surface area contributed by atoms with Gasteiger partial charge in [-0.3, -0.25) is 19.8 Å². The first kappa shape index (κ1) is 18.0. The Morgan fingerprint density at radius 2 is 1.68 bits per heavy atom. The van der Waals surface area contributed by atoms with E-state index in [1.54, 1.807) is 0 Å². The molecular weight excluding hydrogens is 290 g/mol. The third-order valence-corrected chi connectivity index (χ3v) is 2.99. The minimum atomic E-state index is -0.503. The summed E-state index contributed by atoms with van der Waals surface area (Å²) in [6.07, 6.45) is 1.10. The van der Waals surface area contributed by atoms with Crippen LogP contribution in [0.4, 0.5) is 11.4 Å². The summed E-state index contributed by atoms with van der Waals surface area (Å²) in [4.78, 5) is 23.8. The van der Waals surface area contributed by atoms with E-state index in [-0.39, 0.29) is 31.4 Å². The average molecular weight is 311 g/mol. The van der Waals surface area contributed by atoms with E-state index in [2.05, 4.69) is 5.32 Å². The number of benzene rings is 1. The maximum Gasteiger partial charge on any atom is 0.269 e. The molecule has 0 aromatic heterocycles. The molecule has 0 aliphatic rings. The number of rotatable bonds is 10. The Morgan fingerprint density at radius 1 is 1.14 bits per heavy atom. The quantitative estimate of drug-likeness (QED) is 0.430. The molecule has 0 heterocycles. The van der Waals surface area contributed by atoms with Gasteiger partial charge in [-0.15, -0.1) is 0 Å². The van der Waals surface area contributed by atoms with E-state index in [0.717, 1.165) is 0 Å². The summed E-state index contributed by atoms with van der Waals surface area (Å²) in [6, 6.07) is 5.60. The lowest BCUT2D eigenvalue weighted by Crippen LogP contribution is -2.35. The first-order valence-corrected chi connectivity index (χ1v) is 7.05. The second kappa shape index (κ2) is 9.82. The van der Waals surface area contributed by atoms with Crippen molar-refractivity contribution in [3.63, 3.8) is 0 Å². The van der Waals surface area contributed by atoms with Crippen LogP contribution in [0.5, 0.6) is 0 Å². The molecule has 0 saturated carbocycles. The lowest BCUT2D eigenvalue weighted by Gasteiger charge is -2.20. The third-order valence-electron chi connectivity index (χ3n) is 2.99. The van der Waals surface area contributed by atoms with Crippen molar-refractivity contribution in [1.29, 1.82) is 0 Å². The van der Waals surface area contributed by atoms with Gasteiger partial charge in [0.2, 0.25) is 5.91 Å². The number of hydrogen-bond donors (Lipinski definition) is 3. The van der Waals surface area contributed by atoms with Gasteiger partial charge < -0.3 is 15.5 Å². The second-order valence-electron chi connectivity index (χ2n) is 4.78. The van der Waals surface area contributed by atoms with Gasteiger partial charge in [-0.2, -0.15) is 0 Å². The van der Waals surface area contributed by atoms with Crippen LogP contribution in [0, 0.1) is 10.1 Å². The largest absolute Gasteiger partial charge is 0.396 e. The third kappa shape index (κ3) is 6.61. The molecule has 0 aliphatic heterocycles. The van der Waals surface area contributed by atoms with Crippen LogP contribution in [-0.2, 0) is 4.79 Å². The monoisotopic (exact) mass is 311 g/mol. The molecule has 0 aliphatic carbocycles. The topological polar surface area (TPSA) is 116 Å². The number of nitro benzene ring substituents is 1. The normalized spacial score (nSPS) is 10.7. The van der Waals surface area contributed by atoms with Gasteiger partial charge in [0.25, 0.3) is 5.69 Å². The molecule has 122 valence electrons. The van der Waals surface area contributed by atoms with Crippen LogP contribution in [0.1, 0.15) is 12.8 Å². The van der Waals surface area contributed by atoms with Gasteiger partial charge in [-0.25, -0.2) is 0 Å². The van der Waals surface area contributed by atoms with Crippen molar-refractivity contribution in [3.8, 4) is 0 Å². The molecule has 8 heteroatoms. The zero-order valence-corrected chi connectivity index (χ0v) is 12.3. The van der Waals surface area contributed by atoms with Gasteiger partial charge in [0.05, 0.1) is 11.5 Å². The summed E-state index contributed by atoms with van der Waals surface area (Å²) < 4.78 is 0. The zero-order valence-electron chi connectivity index (χ0n) is 12.3. The molecule has 1 aromatic carbocycles. The number of amides is 1. The molecule has 0 unspecified atom stereocenters. The Labute approximate surface area is 128 Å². The van der Waals surface area contributed by atoms with Crippen molar-refractivity contribution < 1.29 is 19.9 Å². The van der Waals surface area contributed by atoms with E-state index in [0.29, 0.717) is 31.6 Å². The first-order valence-electron chi connectivity index (χ1n) is 7.05. The fourth-order valence-corrected chi connectivity index (χ4v) is 1.93. The van der Waals surface area contributed by atoms with Crippen LogP contribution in [-0.4, -0.2) is 58.8 Å². The lowest BCUT2D eigenvalue weighted by molar-refractivity contribution is -0.384. The van der Waals surface area contributed by atoms with Gasteiger partial charge in [0.1, 0.15) is 0 Å². The van der Waals surface area contributed by atoms with E-state index >= 15 is 0 Å². The molecule has 0 spiro atoms. The number of aliphatic hydroxyl groups excluding tert-OH is 2. The van der Waals surface area contributed by atoms with Crippen LogP contribution in [0.25, 0.3) is 0 Å². The minimum absolute atomic E-state index is 0.0366. The van der Waals surface area contributed by atoms with Crippen LogP contribution >= 0.6 is 0 Å². The molecule has 0 radical (unpaired) electrons. The van der Waals surface area contributed by atoms with Gasteiger partial charge in [0, 0.05) is 44.1 Å². The highest BCUT2D eigenvalue weighted by Gasteiger charge is 2.11. The van der Waals surface area contributed by atoms with Crippen LogP contribution < -0.4 is 5.32 Å². The summed E-state index contributed by atoms with van der Waals surface area (Å²) >= 11 is 0. The molecular formula is C14H21N3O5. The highest BCUT2D eigenvalue weighted by atomic mass is 16.6. The molecule has 0 fully saturated rings. The van der Waals surface area contributed by atoms with E-state index < -0.39 is 4.92 Å². The predicted molar refractivity (Wildman–Crippen MR) is 81.6 cm³/mol. The SMILES string of the molecule is O=C(CN(CCCO)CCCO)Nc1ccc([N+](=O)[O-])cc1. The van der Waals surface area contributed by atoms with Crippen molar-refractivity contribution in [2.45, 2.75) is 12.8 Å². The van der Waals surface area contributed by atoms with E-state index in [1.807, 2.05) is 4.90 Å². The van der Waals surface area contributed by atoms with E-state index in [1.165, 1.54) is 24.3 Å². The Morgan fingerprint density at radius 3 is 2.14 bits per heavy atom. The smallest absolute Gasteiger partial charge is 0.269 e. The maximum absolute atomic E-state index is 12.0. The van der Waals surface area contributed by atoms with Crippen molar-refractivity contribution in [2.24, 2.45) is 0 Å². The highest BCUT2D eigenvalue weighted by Crippen LogP contribution is 2.15. The fraction of sp³-hybridized carbons (Fsp3) is 0.500. The number of nitrogens with one attached hydrogen (secondary N) is 1. The summed E-state index contributed by atoms with van der Waals surface area (Å²) in [5.41, 5.74) is 0.449. The summed E-state index contributed by atoms with van der Waals surface area (Å²) in [5.74, 6) is -0.246. The van der Waals surface area contributed by atoms with Crippen molar-refractivity contribution in [3.05, 3.63) is 34.4 Å². The van der Waals surface area contributed by atoms with Gasteiger partial charge in [-0.1, -0.05) is 0 Å². The molecule has 22 heavy (non-hydrogen) atoms. The van der Waals surface area contributed by atoms with Gasteiger partial charge in [0.15, 0.2) is 0 Å². The maximum atomic E-state index is 12.0. The van der Waals surface area contributed by atoms with Crippen LogP contribution in [0.15, 0.2) is 24.3 Å². The number of nitro groups is 1.